The number of aryl methyl sites for hydroxylation is 1. The highest BCUT2D eigenvalue weighted by molar-refractivity contribution is 7.16. The van der Waals surface area contributed by atoms with Crippen LogP contribution in [0.3, 0.4) is 0 Å². The second-order valence-corrected chi connectivity index (χ2v) is 9.04. The number of hydrogen-bond acceptors (Lipinski definition) is 8. The Morgan fingerprint density at radius 2 is 2.22 bits per heavy atom. The molecule has 0 aromatic carbocycles. The van der Waals surface area contributed by atoms with Crippen molar-refractivity contribution in [1.82, 2.24) is 20.1 Å². The van der Waals surface area contributed by atoms with Gasteiger partial charge in [0.15, 0.2) is 11.6 Å². The lowest BCUT2D eigenvalue weighted by atomic mass is 9.84. The summed E-state index contributed by atoms with van der Waals surface area (Å²) >= 11 is 7.22. The molecule has 1 fully saturated rings. The highest BCUT2D eigenvalue weighted by Crippen LogP contribution is 2.38. The summed E-state index contributed by atoms with van der Waals surface area (Å²) in [7, 11) is 0. The zero-order chi connectivity index (χ0) is 23.0. The van der Waals surface area contributed by atoms with Crippen LogP contribution in [0.25, 0.3) is 0 Å². The Hall–Kier alpha value is -2.70. The number of anilines is 1. The summed E-state index contributed by atoms with van der Waals surface area (Å²) in [6, 6.07) is 4.93. The molecule has 0 aliphatic carbocycles. The zero-order valence-electron chi connectivity index (χ0n) is 16.6. The van der Waals surface area contributed by atoms with Crippen molar-refractivity contribution in [2.45, 2.75) is 25.6 Å². The summed E-state index contributed by atoms with van der Waals surface area (Å²) in [5, 5.41) is 9.42. The van der Waals surface area contributed by atoms with Gasteiger partial charge in [0.05, 0.1) is 34.8 Å². The van der Waals surface area contributed by atoms with Gasteiger partial charge < -0.3 is 15.1 Å². The number of alkyl halides is 3. The third kappa shape index (κ3) is 4.57. The van der Waals surface area contributed by atoms with Crippen LogP contribution in [-0.4, -0.2) is 45.7 Å². The predicted molar refractivity (Wildman–Crippen MR) is 110 cm³/mol. The fourth-order valence-corrected chi connectivity index (χ4v) is 4.47. The number of nitrogens with zero attached hydrogens (tertiary/aromatic N) is 3. The van der Waals surface area contributed by atoms with Crippen molar-refractivity contribution in [2.24, 2.45) is 5.92 Å². The Morgan fingerprint density at radius 3 is 2.84 bits per heavy atom. The summed E-state index contributed by atoms with van der Waals surface area (Å²) in [5.74, 6) is -4.94. The van der Waals surface area contributed by atoms with E-state index in [0.717, 1.165) is 9.56 Å². The topological polar surface area (TPSA) is 102 Å². The minimum absolute atomic E-state index is 0.0827. The van der Waals surface area contributed by atoms with Crippen molar-refractivity contribution >= 4 is 40.6 Å². The van der Waals surface area contributed by atoms with E-state index in [-0.39, 0.29) is 30.4 Å². The van der Waals surface area contributed by atoms with E-state index in [1.54, 1.807) is 19.1 Å². The molecule has 1 saturated heterocycles. The molecule has 4 heterocycles. The van der Waals surface area contributed by atoms with E-state index in [1.807, 2.05) is 0 Å². The van der Waals surface area contributed by atoms with Crippen molar-refractivity contribution in [3.05, 3.63) is 50.8 Å². The molecule has 2 N–H and O–H groups in total. The Kier molecular flexibility index (Phi) is 6.10. The van der Waals surface area contributed by atoms with E-state index in [2.05, 4.69) is 20.7 Å². The van der Waals surface area contributed by atoms with E-state index >= 15 is 0 Å². The van der Waals surface area contributed by atoms with Crippen LogP contribution in [0, 0.1) is 12.8 Å². The Balaban J connectivity index is 1.72. The van der Waals surface area contributed by atoms with Crippen LogP contribution >= 0.6 is 22.9 Å². The minimum atomic E-state index is -4.65. The number of piperidine rings is 1. The molecule has 2 unspecified atom stereocenters. The van der Waals surface area contributed by atoms with E-state index in [4.69, 9.17) is 16.0 Å². The molecule has 4 rings (SSSR count). The largest absolute Gasteiger partial charge is 0.469 e. The number of halogens is 4. The van der Waals surface area contributed by atoms with Crippen LogP contribution in [0.1, 0.15) is 32.7 Å². The highest BCUT2D eigenvalue weighted by atomic mass is 35.5. The van der Waals surface area contributed by atoms with Crippen molar-refractivity contribution in [2.75, 3.05) is 18.4 Å². The second-order valence-electron chi connectivity index (χ2n) is 7.24. The lowest BCUT2D eigenvalue weighted by molar-refractivity contribution is -0.185. The number of nitrogens with one attached hydrogen (secondary N) is 2. The SMILES string of the molecule is Cc1cc(C(=O)n2nc(C3C(=O)CNCC3C(F)(F)F)nc2NCc2ccc(Cl)s2)co1. The average molecular weight is 488 g/mol. The lowest BCUT2D eigenvalue weighted by Gasteiger charge is -2.30. The standard InChI is InChI=1S/C19H17ClF3N5O3S/c1-9-4-10(8-31-9)17(30)28-18(25-5-11-2-3-14(20)32-11)26-16(27-28)15-12(19(21,22)23)6-24-7-13(15)29/h2-4,8,12,15,24H,5-7H2,1H3,(H,25,26,27). The van der Waals surface area contributed by atoms with Gasteiger partial charge in [0, 0.05) is 11.4 Å². The Labute approximate surface area is 188 Å². The first-order valence-electron chi connectivity index (χ1n) is 9.48. The fourth-order valence-electron chi connectivity index (χ4n) is 3.44. The molecular formula is C19H17ClF3N5O3S. The summed E-state index contributed by atoms with van der Waals surface area (Å²) in [4.78, 5) is 30.3. The van der Waals surface area contributed by atoms with Crippen molar-refractivity contribution in [3.63, 3.8) is 0 Å². The number of aromatic nitrogens is 3. The number of carbonyl (C=O) groups is 2. The average Bonchev–Trinajstić information content (AvgIpc) is 3.45. The molecule has 32 heavy (non-hydrogen) atoms. The van der Waals surface area contributed by atoms with Crippen LogP contribution < -0.4 is 10.6 Å². The predicted octanol–water partition coefficient (Wildman–Crippen LogP) is 3.63. The van der Waals surface area contributed by atoms with Crippen LogP contribution in [0.4, 0.5) is 19.1 Å². The first-order chi connectivity index (χ1) is 15.1. The number of thiophene rings is 1. The molecule has 0 spiro atoms. The number of ketones is 1. The van der Waals surface area contributed by atoms with Crippen LogP contribution in [0.15, 0.2) is 28.9 Å². The molecule has 1 aliphatic heterocycles. The molecule has 3 aromatic rings. The lowest BCUT2D eigenvalue weighted by Crippen LogP contribution is -2.49. The van der Waals surface area contributed by atoms with Crippen molar-refractivity contribution in [1.29, 1.82) is 0 Å². The number of carbonyl (C=O) groups excluding carboxylic acids is 2. The Morgan fingerprint density at radius 1 is 1.44 bits per heavy atom. The van der Waals surface area contributed by atoms with Gasteiger partial charge in [-0.3, -0.25) is 9.59 Å². The van der Waals surface area contributed by atoms with E-state index in [9.17, 15) is 22.8 Å². The minimum Gasteiger partial charge on any atom is -0.469 e. The molecule has 0 saturated carbocycles. The van der Waals surface area contributed by atoms with Crippen LogP contribution in [-0.2, 0) is 11.3 Å². The molecular weight excluding hydrogens is 471 g/mol. The van der Waals surface area contributed by atoms with Gasteiger partial charge in [-0.25, -0.2) is 0 Å². The summed E-state index contributed by atoms with van der Waals surface area (Å²) < 4.78 is 47.4. The van der Waals surface area contributed by atoms with Gasteiger partial charge in [-0.2, -0.15) is 22.8 Å². The van der Waals surface area contributed by atoms with Gasteiger partial charge >= 0.3 is 6.18 Å². The third-order valence-corrected chi connectivity index (χ3v) is 6.19. The van der Waals surface area contributed by atoms with Gasteiger partial charge in [0.2, 0.25) is 5.95 Å². The monoisotopic (exact) mass is 487 g/mol. The number of rotatable bonds is 5. The zero-order valence-corrected chi connectivity index (χ0v) is 18.1. The molecule has 2 atom stereocenters. The number of Topliss-reactive ketones (excluding diaryl/α,β-unsaturated/α-hetero) is 1. The summed E-state index contributed by atoms with van der Waals surface area (Å²) in [6.07, 6.45) is -3.43. The van der Waals surface area contributed by atoms with E-state index < -0.39 is 36.2 Å². The summed E-state index contributed by atoms with van der Waals surface area (Å²) in [5.41, 5.74) is 0.144. The van der Waals surface area contributed by atoms with Crippen LogP contribution in [0.2, 0.25) is 4.34 Å². The Bertz CT molecular complexity index is 1160. The first kappa shape index (κ1) is 22.5. The van der Waals surface area contributed by atoms with Crippen molar-refractivity contribution < 1.29 is 27.2 Å². The molecule has 0 radical (unpaired) electrons. The van der Waals surface area contributed by atoms with Crippen LogP contribution in [0.5, 0.6) is 0 Å². The van der Waals surface area contributed by atoms with E-state index in [1.165, 1.54) is 23.7 Å². The van der Waals surface area contributed by atoms with Gasteiger partial charge in [-0.1, -0.05) is 11.6 Å². The maximum atomic E-state index is 13.6. The molecule has 13 heteroatoms. The molecule has 0 amide bonds. The molecule has 170 valence electrons. The third-order valence-electron chi connectivity index (χ3n) is 4.95. The number of hydrogen-bond donors (Lipinski definition) is 2. The van der Waals surface area contributed by atoms with Gasteiger partial charge in [-0.15, -0.1) is 16.4 Å². The highest BCUT2D eigenvalue weighted by Gasteiger charge is 2.51. The molecule has 1 aliphatic rings. The second kappa shape index (κ2) is 8.68. The molecule has 8 nitrogen and oxygen atoms in total. The van der Waals surface area contributed by atoms with E-state index in [0.29, 0.717) is 10.1 Å². The maximum Gasteiger partial charge on any atom is 0.394 e. The fraction of sp³-hybridized carbons (Fsp3) is 0.368. The molecule has 3 aromatic heterocycles. The number of furan rings is 1. The normalized spacial score (nSPS) is 19.3. The first-order valence-corrected chi connectivity index (χ1v) is 10.7. The molecule has 0 bridgehead atoms. The quantitative estimate of drug-likeness (QED) is 0.566. The summed E-state index contributed by atoms with van der Waals surface area (Å²) in [6.45, 7) is 1.16. The van der Waals surface area contributed by atoms with Gasteiger partial charge in [0.1, 0.15) is 12.0 Å². The smallest absolute Gasteiger partial charge is 0.394 e. The van der Waals surface area contributed by atoms with Gasteiger partial charge in [-0.05, 0) is 25.1 Å². The van der Waals surface area contributed by atoms with Crippen molar-refractivity contribution in [3.8, 4) is 0 Å². The van der Waals surface area contributed by atoms with Gasteiger partial charge in [0.25, 0.3) is 5.91 Å². The maximum absolute atomic E-state index is 13.6.